The lowest BCUT2D eigenvalue weighted by Crippen LogP contribution is -2.02. The van der Waals surface area contributed by atoms with Crippen LogP contribution < -0.4 is 5.32 Å². The summed E-state index contributed by atoms with van der Waals surface area (Å²) in [6.45, 7) is 0. The van der Waals surface area contributed by atoms with Crippen molar-refractivity contribution in [3.05, 3.63) is 89.8 Å². The maximum Gasteiger partial charge on any atom is 0.0526 e. The third-order valence-corrected chi connectivity index (χ3v) is 4.73. The summed E-state index contributed by atoms with van der Waals surface area (Å²) in [5, 5.41) is 5.69. The van der Waals surface area contributed by atoms with Crippen molar-refractivity contribution in [2.75, 3.05) is 5.32 Å². The summed E-state index contributed by atoms with van der Waals surface area (Å²) in [5.41, 5.74) is 6.04. The standard InChI is InChI=1S/C20H15NS/c1-2-6-15(7-3-1)16-10-12-17(13-11-16)19-14-22-20-9-5-4-8-18(20)21-19/h1-14,21H. The van der Waals surface area contributed by atoms with E-state index < -0.39 is 0 Å². The normalized spacial score (nSPS) is 13.0. The first-order valence-corrected chi connectivity index (χ1v) is 8.17. The van der Waals surface area contributed by atoms with E-state index in [-0.39, 0.29) is 0 Å². The summed E-state index contributed by atoms with van der Waals surface area (Å²) in [5.74, 6) is 0. The zero-order valence-electron chi connectivity index (χ0n) is 12.0. The lowest BCUT2D eigenvalue weighted by Gasteiger charge is -2.19. The molecule has 106 valence electrons. The van der Waals surface area contributed by atoms with Crippen LogP contribution in [0, 0.1) is 0 Å². The fraction of sp³-hybridized carbons (Fsp3) is 0. The van der Waals surface area contributed by atoms with Crippen molar-refractivity contribution in [2.24, 2.45) is 0 Å². The molecule has 22 heavy (non-hydrogen) atoms. The van der Waals surface area contributed by atoms with Crippen molar-refractivity contribution in [2.45, 2.75) is 4.90 Å². The molecule has 0 atom stereocenters. The summed E-state index contributed by atoms with van der Waals surface area (Å²) in [4.78, 5) is 1.27. The molecule has 1 heterocycles. The average molecular weight is 301 g/mol. The minimum Gasteiger partial charge on any atom is -0.354 e. The second-order valence-electron chi connectivity index (χ2n) is 5.21. The zero-order valence-corrected chi connectivity index (χ0v) is 12.8. The smallest absolute Gasteiger partial charge is 0.0526 e. The summed E-state index contributed by atoms with van der Waals surface area (Å²) in [6.07, 6.45) is 0. The van der Waals surface area contributed by atoms with Gasteiger partial charge in [0, 0.05) is 10.3 Å². The van der Waals surface area contributed by atoms with Crippen molar-refractivity contribution in [3.8, 4) is 11.1 Å². The Hall–Kier alpha value is -2.45. The number of para-hydroxylation sites is 1. The minimum absolute atomic E-state index is 1.16. The second-order valence-corrected chi connectivity index (χ2v) is 6.13. The minimum atomic E-state index is 1.16. The lowest BCUT2D eigenvalue weighted by atomic mass is 10.0. The molecule has 0 aromatic heterocycles. The van der Waals surface area contributed by atoms with Crippen LogP contribution in [-0.4, -0.2) is 0 Å². The topological polar surface area (TPSA) is 12.0 Å². The van der Waals surface area contributed by atoms with Crippen LogP contribution in [0.1, 0.15) is 5.56 Å². The van der Waals surface area contributed by atoms with E-state index in [9.17, 15) is 0 Å². The van der Waals surface area contributed by atoms with E-state index in [2.05, 4.69) is 83.5 Å². The van der Waals surface area contributed by atoms with Gasteiger partial charge < -0.3 is 5.32 Å². The Labute approximate surface area is 134 Å². The van der Waals surface area contributed by atoms with Crippen LogP contribution in [0.3, 0.4) is 0 Å². The highest BCUT2D eigenvalue weighted by atomic mass is 32.2. The summed E-state index contributed by atoms with van der Waals surface area (Å²) >= 11 is 1.77. The van der Waals surface area contributed by atoms with E-state index in [1.807, 2.05) is 6.07 Å². The molecule has 1 nitrogen and oxygen atoms in total. The molecule has 0 radical (unpaired) electrons. The van der Waals surface area contributed by atoms with Crippen LogP contribution in [-0.2, 0) is 0 Å². The third-order valence-electron chi connectivity index (χ3n) is 3.76. The van der Waals surface area contributed by atoms with Crippen molar-refractivity contribution < 1.29 is 0 Å². The van der Waals surface area contributed by atoms with Gasteiger partial charge in [-0.2, -0.15) is 0 Å². The number of rotatable bonds is 2. The lowest BCUT2D eigenvalue weighted by molar-refractivity contribution is 1.41. The molecular weight excluding hydrogens is 286 g/mol. The maximum atomic E-state index is 3.51. The molecule has 0 spiro atoms. The molecule has 0 fully saturated rings. The molecule has 3 aromatic carbocycles. The molecular formula is C20H15NS. The Morgan fingerprint density at radius 1 is 0.591 bits per heavy atom. The molecule has 4 rings (SSSR count). The van der Waals surface area contributed by atoms with Crippen molar-refractivity contribution in [3.63, 3.8) is 0 Å². The Balaban J connectivity index is 1.61. The van der Waals surface area contributed by atoms with Crippen LogP contribution in [0.15, 0.2) is 89.2 Å². The third kappa shape index (κ3) is 2.53. The van der Waals surface area contributed by atoms with E-state index in [0.717, 1.165) is 5.70 Å². The Morgan fingerprint density at radius 3 is 2.05 bits per heavy atom. The van der Waals surface area contributed by atoms with Gasteiger partial charge >= 0.3 is 0 Å². The van der Waals surface area contributed by atoms with Crippen LogP contribution in [0.2, 0.25) is 0 Å². The van der Waals surface area contributed by atoms with E-state index in [4.69, 9.17) is 0 Å². The molecule has 0 aliphatic carbocycles. The van der Waals surface area contributed by atoms with Crippen molar-refractivity contribution in [1.29, 1.82) is 0 Å². The highest BCUT2D eigenvalue weighted by Crippen LogP contribution is 2.37. The summed E-state index contributed by atoms with van der Waals surface area (Å²) in [6, 6.07) is 27.6. The number of benzene rings is 3. The number of hydrogen-bond donors (Lipinski definition) is 1. The number of anilines is 1. The van der Waals surface area contributed by atoms with E-state index in [1.165, 1.54) is 27.3 Å². The average Bonchev–Trinajstić information content (AvgIpc) is 2.62. The SMILES string of the molecule is C1=C(c2ccc(-c3ccccc3)cc2)Nc2ccccc2S1. The van der Waals surface area contributed by atoms with Gasteiger partial charge in [0.15, 0.2) is 0 Å². The zero-order chi connectivity index (χ0) is 14.8. The van der Waals surface area contributed by atoms with Gasteiger partial charge in [-0.05, 0) is 28.8 Å². The number of fused-ring (bicyclic) bond motifs is 1. The molecule has 1 N–H and O–H groups in total. The maximum absolute atomic E-state index is 3.51. The molecule has 0 amide bonds. The highest BCUT2D eigenvalue weighted by Gasteiger charge is 2.11. The van der Waals surface area contributed by atoms with E-state index >= 15 is 0 Å². The number of hydrogen-bond acceptors (Lipinski definition) is 2. The fourth-order valence-corrected chi connectivity index (χ4v) is 3.43. The first-order valence-electron chi connectivity index (χ1n) is 7.29. The Bertz CT molecular complexity index is 820. The summed E-state index contributed by atoms with van der Waals surface area (Å²) < 4.78 is 0. The van der Waals surface area contributed by atoms with Gasteiger partial charge in [-0.1, -0.05) is 78.5 Å². The van der Waals surface area contributed by atoms with Gasteiger partial charge in [0.05, 0.1) is 11.4 Å². The van der Waals surface area contributed by atoms with Gasteiger partial charge in [-0.3, -0.25) is 0 Å². The van der Waals surface area contributed by atoms with Crippen LogP contribution in [0.4, 0.5) is 5.69 Å². The quantitative estimate of drug-likeness (QED) is 0.635. The molecule has 2 heteroatoms. The number of nitrogens with one attached hydrogen (secondary N) is 1. The van der Waals surface area contributed by atoms with Crippen LogP contribution in [0.5, 0.6) is 0 Å². The second kappa shape index (κ2) is 5.74. The monoisotopic (exact) mass is 301 g/mol. The predicted octanol–water partition coefficient (Wildman–Crippen LogP) is 5.87. The van der Waals surface area contributed by atoms with Gasteiger partial charge in [-0.25, -0.2) is 0 Å². The Morgan fingerprint density at radius 2 is 1.23 bits per heavy atom. The molecule has 0 unspecified atom stereocenters. The number of thioether (sulfide) groups is 1. The summed E-state index contributed by atoms with van der Waals surface area (Å²) in [7, 11) is 0. The highest BCUT2D eigenvalue weighted by molar-refractivity contribution is 8.02. The van der Waals surface area contributed by atoms with E-state index in [1.54, 1.807) is 11.8 Å². The van der Waals surface area contributed by atoms with Gasteiger partial charge in [0.1, 0.15) is 0 Å². The predicted molar refractivity (Wildman–Crippen MR) is 95.8 cm³/mol. The molecule has 0 saturated carbocycles. The molecule has 3 aromatic rings. The molecule has 0 saturated heterocycles. The first-order chi connectivity index (χ1) is 10.9. The van der Waals surface area contributed by atoms with Gasteiger partial charge in [0.25, 0.3) is 0 Å². The molecule has 1 aliphatic heterocycles. The first kappa shape index (κ1) is 13.2. The van der Waals surface area contributed by atoms with Gasteiger partial charge in [-0.15, -0.1) is 0 Å². The molecule has 1 aliphatic rings. The fourth-order valence-electron chi connectivity index (χ4n) is 2.58. The van der Waals surface area contributed by atoms with Crippen LogP contribution in [0.25, 0.3) is 16.8 Å². The largest absolute Gasteiger partial charge is 0.354 e. The van der Waals surface area contributed by atoms with Crippen molar-refractivity contribution in [1.82, 2.24) is 0 Å². The van der Waals surface area contributed by atoms with Crippen LogP contribution >= 0.6 is 11.8 Å². The van der Waals surface area contributed by atoms with Gasteiger partial charge in [0.2, 0.25) is 0 Å². The van der Waals surface area contributed by atoms with E-state index in [0.29, 0.717) is 0 Å². The molecule has 0 bridgehead atoms. The van der Waals surface area contributed by atoms with Crippen molar-refractivity contribution >= 4 is 23.1 Å². The Kier molecular flexibility index (Phi) is 3.45.